The molecule has 0 radical (unpaired) electrons. The van der Waals surface area contributed by atoms with E-state index in [1.165, 1.54) is 4.57 Å². The van der Waals surface area contributed by atoms with Gasteiger partial charge in [-0.25, -0.2) is 4.98 Å². The maximum atomic E-state index is 13.2. The molecule has 0 aliphatic carbocycles. The molecule has 31 heavy (non-hydrogen) atoms. The number of hydrogen-bond acceptors (Lipinski definition) is 3. The second-order valence-corrected chi connectivity index (χ2v) is 8.17. The molecule has 0 saturated heterocycles. The Labute approximate surface area is 186 Å². The quantitative estimate of drug-likeness (QED) is 0.344. The highest BCUT2D eigenvalue weighted by Gasteiger charge is 2.12. The van der Waals surface area contributed by atoms with Crippen molar-refractivity contribution in [3.8, 4) is 11.4 Å². The van der Waals surface area contributed by atoms with Gasteiger partial charge in [0.2, 0.25) is 0 Å². The predicted molar refractivity (Wildman–Crippen MR) is 125 cm³/mol. The van der Waals surface area contributed by atoms with Gasteiger partial charge < -0.3 is 0 Å². The molecule has 0 aliphatic rings. The van der Waals surface area contributed by atoms with Crippen LogP contribution in [0.1, 0.15) is 5.56 Å². The first kappa shape index (κ1) is 19.5. The summed E-state index contributed by atoms with van der Waals surface area (Å²) in [6, 6.07) is 17.7. The van der Waals surface area contributed by atoms with Crippen LogP contribution in [0.2, 0.25) is 10.0 Å². The molecule has 7 heteroatoms. The fourth-order valence-electron chi connectivity index (χ4n) is 3.61. The third-order valence-electron chi connectivity index (χ3n) is 5.18. The van der Waals surface area contributed by atoms with Crippen molar-refractivity contribution in [3.63, 3.8) is 0 Å². The van der Waals surface area contributed by atoms with Gasteiger partial charge in [0.15, 0.2) is 0 Å². The second kappa shape index (κ2) is 7.38. The standard InChI is InChI=1S/C24H15Cl2N3O2/c1-14-2-4-17(5-3-14)28-8-6-21-19(23(28)30)13-20-22(27-21)7-9-29(24(20)31)18-11-15(25)10-16(26)12-18/h2-13H,1H3. The number of aromatic nitrogens is 3. The van der Waals surface area contributed by atoms with Crippen LogP contribution in [0.5, 0.6) is 0 Å². The maximum Gasteiger partial charge on any atom is 0.264 e. The Morgan fingerprint density at radius 2 is 1.19 bits per heavy atom. The summed E-state index contributed by atoms with van der Waals surface area (Å²) in [6.07, 6.45) is 3.32. The molecule has 0 amide bonds. The summed E-state index contributed by atoms with van der Waals surface area (Å²) in [5.41, 5.74) is 2.88. The monoisotopic (exact) mass is 447 g/mol. The van der Waals surface area contributed by atoms with Crippen LogP contribution < -0.4 is 11.1 Å². The molecule has 5 nitrogen and oxygen atoms in total. The lowest BCUT2D eigenvalue weighted by Crippen LogP contribution is -2.20. The SMILES string of the molecule is Cc1ccc(-n2ccc3nc4ccn(-c5cc(Cl)cc(Cl)c5)c(=O)c4cc3c2=O)cc1. The van der Waals surface area contributed by atoms with Crippen LogP contribution in [0.3, 0.4) is 0 Å². The Morgan fingerprint density at radius 1 is 0.677 bits per heavy atom. The Hall–Kier alpha value is -3.41. The third-order valence-corrected chi connectivity index (χ3v) is 5.62. The fourth-order valence-corrected chi connectivity index (χ4v) is 4.13. The summed E-state index contributed by atoms with van der Waals surface area (Å²) in [6.45, 7) is 1.99. The minimum Gasteiger partial charge on any atom is -0.284 e. The number of aryl methyl sites for hydroxylation is 1. The van der Waals surface area contributed by atoms with Crippen molar-refractivity contribution in [2.24, 2.45) is 0 Å². The van der Waals surface area contributed by atoms with Crippen molar-refractivity contribution in [3.05, 3.63) is 109 Å². The van der Waals surface area contributed by atoms with Gasteiger partial charge in [0.25, 0.3) is 11.1 Å². The Kier molecular flexibility index (Phi) is 4.65. The maximum absolute atomic E-state index is 13.2. The van der Waals surface area contributed by atoms with Crippen molar-refractivity contribution in [2.75, 3.05) is 0 Å². The lowest BCUT2D eigenvalue weighted by molar-refractivity contribution is 0.999. The molecule has 0 unspecified atom stereocenters. The van der Waals surface area contributed by atoms with Crippen molar-refractivity contribution in [1.29, 1.82) is 0 Å². The van der Waals surface area contributed by atoms with E-state index in [2.05, 4.69) is 4.98 Å². The van der Waals surface area contributed by atoms with Crippen LogP contribution in [0, 0.1) is 6.92 Å². The van der Waals surface area contributed by atoms with Crippen molar-refractivity contribution in [1.82, 2.24) is 14.1 Å². The third kappa shape index (κ3) is 3.42. The largest absolute Gasteiger partial charge is 0.284 e. The summed E-state index contributed by atoms with van der Waals surface area (Å²) in [5, 5.41) is 1.55. The second-order valence-electron chi connectivity index (χ2n) is 7.30. The van der Waals surface area contributed by atoms with Crippen LogP contribution in [-0.4, -0.2) is 14.1 Å². The highest BCUT2D eigenvalue weighted by Crippen LogP contribution is 2.22. The van der Waals surface area contributed by atoms with Crippen molar-refractivity contribution < 1.29 is 0 Å². The number of halogens is 2. The van der Waals surface area contributed by atoms with E-state index in [9.17, 15) is 9.59 Å². The summed E-state index contributed by atoms with van der Waals surface area (Å²) >= 11 is 12.2. The molecule has 0 atom stereocenters. The smallest absolute Gasteiger partial charge is 0.264 e. The minimum atomic E-state index is -0.310. The fraction of sp³-hybridized carbons (Fsp3) is 0.0417. The molecule has 3 heterocycles. The van der Waals surface area contributed by atoms with Gasteiger partial charge in [-0.1, -0.05) is 40.9 Å². The van der Waals surface area contributed by atoms with Crippen LogP contribution in [0.15, 0.2) is 82.6 Å². The van der Waals surface area contributed by atoms with Crippen LogP contribution in [0.25, 0.3) is 33.2 Å². The highest BCUT2D eigenvalue weighted by atomic mass is 35.5. The van der Waals surface area contributed by atoms with E-state index in [1.54, 1.807) is 53.4 Å². The van der Waals surface area contributed by atoms with E-state index in [4.69, 9.17) is 23.2 Å². The number of fused-ring (bicyclic) bond motifs is 2. The zero-order valence-electron chi connectivity index (χ0n) is 16.3. The van der Waals surface area contributed by atoms with Gasteiger partial charge in [-0.3, -0.25) is 18.7 Å². The molecule has 0 N–H and O–H groups in total. The van der Waals surface area contributed by atoms with Gasteiger partial charge in [0, 0.05) is 28.1 Å². The molecule has 3 aromatic heterocycles. The van der Waals surface area contributed by atoms with E-state index >= 15 is 0 Å². The molecular formula is C24H15Cl2N3O2. The lowest BCUT2D eigenvalue weighted by Gasteiger charge is -2.10. The number of hydrogen-bond donors (Lipinski definition) is 0. The van der Waals surface area contributed by atoms with Gasteiger partial charge in [-0.2, -0.15) is 0 Å². The average molecular weight is 448 g/mol. The Bertz CT molecular complexity index is 1580. The van der Waals surface area contributed by atoms with Gasteiger partial charge in [0.1, 0.15) is 0 Å². The molecule has 0 bridgehead atoms. The number of benzene rings is 2. The van der Waals surface area contributed by atoms with E-state index in [-0.39, 0.29) is 11.1 Å². The van der Waals surface area contributed by atoms with Gasteiger partial charge in [-0.15, -0.1) is 0 Å². The first-order chi connectivity index (χ1) is 14.9. The minimum absolute atomic E-state index is 0.239. The molecule has 0 aliphatic heterocycles. The van der Waals surface area contributed by atoms with E-state index in [1.807, 2.05) is 31.2 Å². The summed E-state index contributed by atoms with van der Waals surface area (Å²) in [5.74, 6) is 0. The number of pyridine rings is 3. The summed E-state index contributed by atoms with van der Waals surface area (Å²) < 4.78 is 2.99. The van der Waals surface area contributed by atoms with E-state index in [0.717, 1.165) is 11.3 Å². The normalized spacial score (nSPS) is 11.3. The van der Waals surface area contributed by atoms with E-state index in [0.29, 0.717) is 37.5 Å². The Balaban J connectivity index is 1.76. The summed E-state index contributed by atoms with van der Waals surface area (Å²) in [7, 11) is 0. The van der Waals surface area contributed by atoms with Crippen LogP contribution in [0.4, 0.5) is 0 Å². The molecular weight excluding hydrogens is 433 g/mol. The highest BCUT2D eigenvalue weighted by molar-refractivity contribution is 6.34. The topological polar surface area (TPSA) is 56.9 Å². The van der Waals surface area contributed by atoms with Gasteiger partial charge in [0.05, 0.1) is 27.5 Å². The first-order valence-corrected chi connectivity index (χ1v) is 10.3. The summed E-state index contributed by atoms with van der Waals surface area (Å²) in [4.78, 5) is 31.0. The zero-order chi connectivity index (χ0) is 21.7. The van der Waals surface area contributed by atoms with Gasteiger partial charge >= 0.3 is 0 Å². The van der Waals surface area contributed by atoms with Crippen LogP contribution in [-0.2, 0) is 0 Å². The number of nitrogens with zero attached hydrogens (tertiary/aromatic N) is 3. The molecule has 0 fully saturated rings. The van der Waals surface area contributed by atoms with Crippen molar-refractivity contribution in [2.45, 2.75) is 6.92 Å². The molecule has 0 spiro atoms. The zero-order valence-corrected chi connectivity index (χ0v) is 17.9. The molecule has 2 aromatic carbocycles. The van der Waals surface area contributed by atoms with Crippen molar-refractivity contribution >= 4 is 45.0 Å². The van der Waals surface area contributed by atoms with Crippen LogP contribution >= 0.6 is 23.2 Å². The molecule has 152 valence electrons. The molecule has 5 rings (SSSR count). The molecule has 0 saturated carbocycles. The first-order valence-electron chi connectivity index (χ1n) is 9.52. The van der Waals surface area contributed by atoms with Gasteiger partial charge in [-0.05, 0) is 55.5 Å². The predicted octanol–water partition coefficient (Wildman–Crippen LogP) is 5.31. The molecule has 5 aromatic rings. The van der Waals surface area contributed by atoms with E-state index < -0.39 is 0 Å². The lowest BCUT2D eigenvalue weighted by atomic mass is 10.1. The Morgan fingerprint density at radius 3 is 1.74 bits per heavy atom. The average Bonchev–Trinajstić information content (AvgIpc) is 2.74. The number of rotatable bonds is 2.